The molecule has 0 spiro atoms. The number of hydrazine groups is 1. The molecule has 0 saturated heterocycles. The van der Waals surface area contributed by atoms with Crippen molar-refractivity contribution in [2.75, 3.05) is 0 Å². The second-order valence-corrected chi connectivity index (χ2v) is 5.15. The van der Waals surface area contributed by atoms with E-state index in [0.717, 1.165) is 11.3 Å². The van der Waals surface area contributed by atoms with Crippen LogP contribution in [0.4, 0.5) is 8.78 Å². The maximum atomic E-state index is 13.7. The number of fused-ring (bicyclic) bond motifs is 1. The number of rotatable bonds is 4. The van der Waals surface area contributed by atoms with Gasteiger partial charge in [-0.15, -0.1) is 0 Å². The van der Waals surface area contributed by atoms with Crippen LogP contribution in [0.1, 0.15) is 11.1 Å². The molecule has 1 aliphatic heterocycles. The molecule has 3 rings (SSSR count). The van der Waals surface area contributed by atoms with Gasteiger partial charge in [-0.2, -0.15) is 0 Å². The third-order valence-electron chi connectivity index (χ3n) is 3.82. The Morgan fingerprint density at radius 3 is 2.52 bits per heavy atom. The summed E-state index contributed by atoms with van der Waals surface area (Å²) in [5.41, 5.74) is 3.73. The number of halogens is 2. The summed E-state index contributed by atoms with van der Waals surface area (Å²) in [7, 11) is 0. The minimum absolute atomic E-state index is 0.0278. The number of hydrogen-bond donors (Lipinski definition) is 2. The lowest BCUT2D eigenvalue weighted by atomic mass is 9.98. The summed E-state index contributed by atoms with van der Waals surface area (Å²) >= 11 is 0. The van der Waals surface area contributed by atoms with E-state index in [1.165, 1.54) is 18.2 Å². The molecule has 2 atom stereocenters. The summed E-state index contributed by atoms with van der Waals surface area (Å²) in [6, 6.07) is 11.2. The Morgan fingerprint density at radius 2 is 1.86 bits per heavy atom. The van der Waals surface area contributed by atoms with Crippen LogP contribution in [0.2, 0.25) is 0 Å². The second-order valence-electron chi connectivity index (χ2n) is 5.15. The largest absolute Gasteiger partial charge is 0.488 e. The van der Waals surface area contributed by atoms with Gasteiger partial charge in [-0.1, -0.05) is 24.3 Å². The Balaban J connectivity index is 1.78. The third kappa shape index (κ3) is 2.75. The van der Waals surface area contributed by atoms with Crippen molar-refractivity contribution < 1.29 is 13.5 Å². The fraction of sp³-hybridized carbons (Fsp3) is 0.250. The lowest BCUT2D eigenvalue weighted by molar-refractivity contribution is 0.176. The minimum Gasteiger partial charge on any atom is -0.488 e. The number of ether oxygens (including phenoxy) is 1. The average molecular weight is 290 g/mol. The van der Waals surface area contributed by atoms with Crippen LogP contribution in [0, 0.1) is 11.6 Å². The number of nitrogens with two attached hydrogens (primary N) is 1. The van der Waals surface area contributed by atoms with E-state index in [1.54, 1.807) is 0 Å². The smallest absolute Gasteiger partial charge is 0.129 e. The first-order valence-corrected chi connectivity index (χ1v) is 6.82. The van der Waals surface area contributed by atoms with Crippen LogP contribution in [0.25, 0.3) is 0 Å². The molecule has 21 heavy (non-hydrogen) atoms. The predicted octanol–water partition coefficient (Wildman–Crippen LogP) is 2.34. The van der Waals surface area contributed by atoms with Crippen molar-refractivity contribution in [2.24, 2.45) is 5.84 Å². The molecular formula is C16H16F2N2O. The topological polar surface area (TPSA) is 47.3 Å². The van der Waals surface area contributed by atoms with E-state index in [2.05, 4.69) is 5.43 Å². The third-order valence-corrected chi connectivity index (χ3v) is 3.82. The quantitative estimate of drug-likeness (QED) is 0.671. The van der Waals surface area contributed by atoms with Crippen LogP contribution in [0.5, 0.6) is 5.75 Å². The SMILES string of the molecule is NNC(Cc1c(F)cccc1F)C1Cc2ccccc2O1. The molecule has 3 nitrogen and oxygen atoms in total. The Bertz CT molecular complexity index is 603. The highest BCUT2D eigenvalue weighted by Crippen LogP contribution is 2.30. The van der Waals surface area contributed by atoms with Gasteiger partial charge in [-0.05, 0) is 30.2 Å². The van der Waals surface area contributed by atoms with Crippen molar-refractivity contribution >= 4 is 0 Å². The van der Waals surface area contributed by atoms with Gasteiger partial charge in [0.1, 0.15) is 23.5 Å². The maximum Gasteiger partial charge on any atom is 0.129 e. The van der Waals surface area contributed by atoms with Crippen molar-refractivity contribution in [3.05, 3.63) is 65.2 Å². The van der Waals surface area contributed by atoms with Gasteiger partial charge in [0.15, 0.2) is 0 Å². The van der Waals surface area contributed by atoms with E-state index < -0.39 is 11.6 Å². The molecule has 0 radical (unpaired) electrons. The lowest BCUT2D eigenvalue weighted by Crippen LogP contribution is -2.47. The Kier molecular flexibility index (Phi) is 3.86. The molecule has 0 aromatic heterocycles. The van der Waals surface area contributed by atoms with Gasteiger partial charge in [0.2, 0.25) is 0 Å². The van der Waals surface area contributed by atoms with Gasteiger partial charge in [0.25, 0.3) is 0 Å². The number of para-hydroxylation sites is 1. The first-order valence-electron chi connectivity index (χ1n) is 6.82. The van der Waals surface area contributed by atoms with Crippen molar-refractivity contribution in [3.63, 3.8) is 0 Å². The number of hydrogen-bond acceptors (Lipinski definition) is 3. The molecule has 2 unspecified atom stereocenters. The van der Waals surface area contributed by atoms with Crippen LogP contribution in [-0.4, -0.2) is 12.1 Å². The monoisotopic (exact) mass is 290 g/mol. The molecule has 0 aliphatic carbocycles. The zero-order valence-corrected chi connectivity index (χ0v) is 11.4. The molecule has 0 bridgehead atoms. The molecule has 0 amide bonds. The van der Waals surface area contributed by atoms with Crippen molar-refractivity contribution in [1.29, 1.82) is 0 Å². The molecule has 2 aromatic rings. The molecule has 110 valence electrons. The summed E-state index contributed by atoms with van der Waals surface area (Å²) < 4.78 is 33.3. The number of nitrogens with one attached hydrogen (secondary N) is 1. The lowest BCUT2D eigenvalue weighted by Gasteiger charge is -2.23. The minimum atomic E-state index is -0.564. The zero-order valence-electron chi connectivity index (χ0n) is 11.4. The number of benzene rings is 2. The summed E-state index contributed by atoms with van der Waals surface area (Å²) in [6.07, 6.45) is 0.556. The molecular weight excluding hydrogens is 274 g/mol. The van der Waals surface area contributed by atoms with Gasteiger partial charge in [0.05, 0.1) is 6.04 Å². The normalized spacial score (nSPS) is 18.1. The van der Waals surface area contributed by atoms with Crippen LogP contribution in [0.3, 0.4) is 0 Å². The highest BCUT2D eigenvalue weighted by Gasteiger charge is 2.30. The zero-order chi connectivity index (χ0) is 14.8. The van der Waals surface area contributed by atoms with E-state index in [1.807, 2.05) is 24.3 Å². The molecule has 2 aromatic carbocycles. The summed E-state index contributed by atoms with van der Waals surface area (Å²) in [4.78, 5) is 0. The highest BCUT2D eigenvalue weighted by molar-refractivity contribution is 5.38. The van der Waals surface area contributed by atoms with Crippen molar-refractivity contribution in [1.82, 2.24) is 5.43 Å². The Labute approximate surface area is 121 Å². The van der Waals surface area contributed by atoms with E-state index in [-0.39, 0.29) is 24.1 Å². The fourth-order valence-corrected chi connectivity index (χ4v) is 2.68. The second kappa shape index (κ2) is 5.79. The van der Waals surface area contributed by atoms with Crippen LogP contribution in [0.15, 0.2) is 42.5 Å². The molecule has 5 heteroatoms. The van der Waals surface area contributed by atoms with E-state index in [0.29, 0.717) is 6.42 Å². The van der Waals surface area contributed by atoms with Crippen LogP contribution < -0.4 is 16.0 Å². The molecule has 1 heterocycles. The molecule has 0 fully saturated rings. The summed E-state index contributed by atoms with van der Waals surface area (Å²) in [6.45, 7) is 0. The van der Waals surface area contributed by atoms with E-state index in [9.17, 15) is 8.78 Å². The Morgan fingerprint density at radius 1 is 1.14 bits per heavy atom. The first kappa shape index (κ1) is 14.0. The molecule has 0 saturated carbocycles. The van der Waals surface area contributed by atoms with Gasteiger partial charge in [-0.25, -0.2) is 8.78 Å². The Hall–Kier alpha value is -1.98. The van der Waals surface area contributed by atoms with Gasteiger partial charge < -0.3 is 4.74 Å². The summed E-state index contributed by atoms with van der Waals surface area (Å²) in [5, 5.41) is 0. The van der Waals surface area contributed by atoms with Crippen LogP contribution in [-0.2, 0) is 12.8 Å². The van der Waals surface area contributed by atoms with Crippen molar-refractivity contribution in [3.8, 4) is 5.75 Å². The fourth-order valence-electron chi connectivity index (χ4n) is 2.68. The van der Waals surface area contributed by atoms with Gasteiger partial charge in [0, 0.05) is 12.0 Å². The predicted molar refractivity (Wildman–Crippen MR) is 75.7 cm³/mol. The van der Waals surface area contributed by atoms with Gasteiger partial charge >= 0.3 is 0 Å². The van der Waals surface area contributed by atoms with E-state index in [4.69, 9.17) is 10.6 Å². The summed E-state index contributed by atoms with van der Waals surface area (Å²) in [5.74, 6) is 5.23. The average Bonchev–Trinajstić information content (AvgIpc) is 2.90. The van der Waals surface area contributed by atoms with E-state index >= 15 is 0 Å². The first-order chi connectivity index (χ1) is 10.2. The molecule has 1 aliphatic rings. The standard InChI is InChI=1S/C16H16F2N2O/c17-12-5-3-6-13(18)11(12)9-14(20-19)16-8-10-4-1-2-7-15(10)21-16/h1-7,14,16,20H,8-9,19H2. The maximum absolute atomic E-state index is 13.7. The molecule has 3 N–H and O–H groups in total. The van der Waals surface area contributed by atoms with Crippen LogP contribution >= 0.6 is 0 Å². The highest BCUT2D eigenvalue weighted by atomic mass is 19.1. The van der Waals surface area contributed by atoms with Gasteiger partial charge in [-0.3, -0.25) is 11.3 Å². The van der Waals surface area contributed by atoms with Crippen molar-refractivity contribution in [2.45, 2.75) is 25.0 Å².